The van der Waals surface area contributed by atoms with Crippen LogP contribution in [0.3, 0.4) is 0 Å². The second-order valence-corrected chi connectivity index (χ2v) is 15.0. The molecule has 0 saturated heterocycles. The van der Waals surface area contributed by atoms with Crippen LogP contribution in [0.5, 0.6) is 0 Å². The molecule has 0 spiro atoms. The maximum Gasteiger partial charge on any atom is 0.413 e. The van der Waals surface area contributed by atoms with Crippen molar-refractivity contribution in [1.82, 2.24) is 4.90 Å². The van der Waals surface area contributed by atoms with Crippen LogP contribution in [0, 0.1) is 0 Å². The van der Waals surface area contributed by atoms with Gasteiger partial charge in [0, 0.05) is 22.5 Å². The summed E-state index contributed by atoms with van der Waals surface area (Å²) in [5, 5.41) is 8.51. The molecule has 1 unspecified atom stereocenters. The SMILES string of the molecule is CC(C(=O)c1cccc(Cl)c1)N(C(=O)OCOC(=O)CCCCCCCOC(=O)c1cc(S(N)(=O)=O)c(Cl)cc1NCc1ccco1)C(C)(C)C. The number of ether oxygens (including phenoxy) is 3. The highest BCUT2D eigenvalue weighted by Gasteiger charge is 2.36. The van der Waals surface area contributed by atoms with Gasteiger partial charge in [0.25, 0.3) is 0 Å². The van der Waals surface area contributed by atoms with Gasteiger partial charge in [0.05, 0.1) is 41.7 Å². The van der Waals surface area contributed by atoms with Crippen molar-refractivity contribution in [2.75, 3.05) is 18.7 Å². The molecular weight excluding hydrogens is 725 g/mol. The number of furan rings is 1. The van der Waals surface area contributed by atoms with Crippen molar-refractivity contribution in [2.24, 2.45) is 5.14 Å². The number of carbonyl (C=O) groups excluding carboxylic acids is 4. The average Bonchev–Trinajstić information content (AvgIpc) is 3.57. The zero-order chi connectivity index (χ0) is 37.8. The van der Waals surface area contributed by atoms with Gasteiger partial charge in [-0.05, 0) is 76.9 Å². The first-order valence-corrected chi connectivity index (χ1v) is 18.5. The maximum absolute atomic E-state index is 13.1. The smallest absolute Gasteiger partial charge is 0.413 e. The Kier molecular flexibility index (Phi) is 15.3. The topological polar surface area (TPSA) is 185 Å². The molecule has 0 fully saturated rings. The van der Waals surface area contributed by atoms with Gasteiger partial charge in [-0.15, -0.1) is 0 Å². The monoisotopic (exact) mass is 767 g/mol. The van der Waals surface area contributed by atoms with E-state index >= 15 is 0 Å². The number of halogens is 2. The number of unbranched alkanes of at least 4 members (excludes halogenated alkanes) is 4. The summed E-state index contributed by atoms with van der Waals surface area (Å²) in [7, 11) is -4.20. The molecule has 3 aromatic rings. The van der Waals surface area contributed by atoms with E-state index in [1.165, 1.54) is 23.3 Å². The lowest BCUT2D eigenvalue weighted by Gasteiger charge is -2.38. The molecule has 1 heterocycles. The fourth-order valence-electron chi connectivity index (χ4n) is 5.13. The van der Waals surface area contributed by atoms with Gasteiger partial charge in [0.2, 0.25) is 16.8 Å². The summed E-state index contributed by atoms with van der Waals surface area (Å²) >= 11 is 12.1. The first-order valence-electron chi connectivity index (χ1n) is 16.2. The van der Waals surface area contributed by atoms with Crippen LogP contribution in [0.4, 0.5) is 10.5 Å². The molecule has 0 bridgehead atoms. The summed E-state index contributed by atoms with van der Waals surface area (Å²) in [6, 6.07) is 11.4. The third-order valence-electron chi connectivity index (χ3n) is 7.59. The van der Waals surface area contributed by atoms with Crippen LogP contribution in [-0.2, 0) is 35.6 Å². The predicted octanol–water partition coefficient (Wildman–Crippen LogP) is 7.35. The molecule has 0 aliphatic heterocycles. The van der Waals surface area contributed by atoms with Gasteiger partial charge in [0.15, 0.2) is 5.78 Å². The molecule has 1 amide bonds. The Hall–Kier alpha value is -4.11. The van der Waals surface area contributed by atoms with Crippen LogP contribution >= 0.6 is 23.2 Å². The van der Waals surface area contributed by atoms with Gasteiger partial charge in [-0.3, -0.25) is 14.5 Å². The van der Waals surface area contributed by atoms with Gasteiger partial charge in [-0.2, -0.15) is 0 Å². The minimum Gasteiger partial charge on any atom is -0.467 e. The third kappa shape index (κ3) is 12.9. The lowest BCUT2D eigenvalue weighted by molar-refractivity contribution is -0.153. The van der Waals surface area contributed by atoms with E-state index in [1.807, 2.05) is 0 Å². The number of nitrogens with zero attached hydrogens (tertiary/aromatic N) is 1. The normalized spacial score (nSPS) is 12.1. The highest BCUT2D eigenvalue weighted by molar-refractivity contribution is 7.89. The second kappa shape index (κ2) is 18.9. The van der Waals surface area contributed by atoms with E-state index in [2.05, 4.69) is 5.32 Å². The second-order valence-electron chi connectivity index (χ2n) is 12.6. The van der Waals surface area contributed by atoms with Crippen LogP contribution in [0.25, 0.3) is 0 Å². The largest absolute Gasteiger partial charge is 0.467 e. The number of benzene rings is 2. The van der Waals surface area contributed by atoms with Crippen molar-refractivity contribution in [2.45, 2.75) is 89.2 Å². The molecule has 1 atom stereocenters. The average molecular weight is 769 g/mol. The summed E-state index contributed by atoms with van der Waals surface area (Å²) in [5.74, 6) is -1.03. The number of sulfonamides is 1. The molecule has 13 nitrogen and oxygen atoms in total. The van der Waals surface area contributed by atoms with E-state index in [0.29, 0.717) is 42.0 Å². The molecule has 278 valence electrons. The number of esters is 2. The number of amides is 1. The molecule has 2 aromatic carbocycles. The molecule has 0 aliphatic carbocycles. The number of anilines is 1. The van der Waals surface area contributed by atoms with E-state index in [0.717, 1.165) is 12.5 Å². The fourth-order valence-corrected chi connectivity index (χ4v) is 6.42. The highest BCUT2D eigenvalue weighted by atomic mass is 35.5. The van der Waals surface area contributed by atoms with E-state index in [4.69, 9.17) is 47.0 Å². The van der Waals surface area contributed by atoms with Crippen LogP contribution in [0.1, 0.15) is 92.7 Å². The lowest BCUT2D eigenvalue weighted by Crippen LogP contribution is -2.53. The first-order chi connectivity index (χ1) is 24.0. The predicted molar refractivity (Wildman–Crippen MR) is 191 cm³/mol. The molecule has 0 aliphatic rings. The summed E-state index contributed by atoms with van der Waals surface area (Å²) in [4.78, 5) is 52.0. The minimum atomic E-state index is -4.20. The van der Waals surface area contributed by atoms with E-state index in [1.54, 1.807) is 58.0 Å². The number of Topliss-reactive ketones (excluding diaryl/α,β-unsaturated/α-hetero) is 1. The molecule has 3 N–H and O–H groups in total. The summed E-state index contributed by atoms with van der Waals surface area (Å²) in [6.07, 6.45) is 3.98. The minimum absolute atomic E-state index is 0.0502. The van der Waals surface area contributed by atoms with Crippen molar-refractivity contribution in [3.8, 4) is 0 Å². The summed E-state index contributed by atoms with van der Waals surface area (Å²) in [6.45, 7) is 6.56. The number of hydrogen-bond donors (Lipinski definition) is 2. The number of carbonyl (C=O) groups is 4. The molecule has 3 rings (SSSR count). The number of nitrogens with one attached hydrogen (secondary N) is 1. The maximum atomic E-state index is 13.1. The van der Waals surface area contributed by atoms with Crippen LogP contribution in [-0.4, -0.2) is 62.1 Å². The van der Waals surface area contributed by atoms with Crippen molar-refractivity contribution in [1.29, 1.82) is 0 Å². The number of primary sulfonamides is 1. The van der Waals surface area contributed by atoms with Crippen LogP contribution in [0.15, 0.2) is 64.1 Å². The quantitative estimate of drug-likeness (QED) is 0.0571. The number of hydrogen-bond acceptors (Lipinski definition) is 11. The van der Waals surface area contributed by atoms with Crippen molar-refractivity contribution in [3.05, 3.63) is 81.7 Å². The summed E-state index contributed by atoms with van der Waals surface area (Å²) < 4.78 is 44.9. The number of ketones is 1. The molecule has 1 aromatic heterocycles. The van der Waals surface area contributed by atoms with Crippen LogP contribution < -0.4 is 10.5 Å². The van der Waals surface area contributed by atoms with E-state index < -0.39 is 51.3 Å². The van der Waals surface area contributed by atoms with Crippen molar-refractivity contribution < 1.29 is 46.2 Å². The van der Waals surface area contributed by atoms with Gasteiger partial charge in [-0.1, -0.05) is 54.6 Å². The molecular formula is C35H43Cl2N3O10S. The molecule has 0 radical (unpaired) electrons. The molecule has 16 heteroatoms. The van der Waals surface area contributed by atoms with E-state index in [-0.39, 0.29) is 41.6 Å². The lowest BCUT2D eigenvalue weighted by atomic mass is 9.98. The van der Waals surface area contributed by atoms with Gasteiger partial charge < -0.3 is 23.9 Å². The zero-order valence-electron chi connectivity index (χ0n) is 28.9. The Balaban J connectivity index is 1.37. The summed E-state index contributed by atoms with van der Waals surface area (Å²) in [5.41, 5.74) is -0.222. The van der Waals surface area contributed by atoms with Gasteiger partial charge in [-0.25, -0.2) is 23.1 Å². The Morgan fingerprint density at radius 1 is 0.941 bits per heavy atom. The zero-order valence-corrected chi connectivity index (χ0v) is 31.2. The third-order valence-corrected chi connectivity index (χ3v) is 9.20. The van der Waals surface area contributed by atoms with E-state index in [9.17, 15) is 27.6 Å². The standard InChI is InChI=1S/C35H43Cl2N3O10S/c1-23(32(42)24-12-10-13-25(36)18-24)40(35(2,3)4)34(44)50-22-49-31(41)15-8-6-5-7-9-16-48-33(43)27-19-30(51(38,45)46)28(37)20-29(27)39-21-26-14-11-17-47-26/h10-14,17-20,23,39H,5-9,15-16,21-22H2,1-4H3,(H2,38,45,46). The molecule has 51 heavy (non-hydrogen) atoms. The van der Waals surface area contributed by atoms with Crippen molar-refractivity contribution >= 4 is 62.7 Å². The highest BCUT2D eigenvalue weighted by Crippen LogP contribution is 2.29. The Morgan fingerprint density at radius 3 is 2.29 bits per heavy atom. The Bertz CT molecular complexity index is 1780. The van der Waals surface area contributed by atoms with Gasteiger partial charge in [0.1, 0.15) is 10.7 Å². The van der Waals surface area contributed by atoms with Crippen molar-refractivity contribution in [3.63, 3.8) is 0 Å². The van der Waals surface area contributed by atoms with Crippen LogP contribution in [0.2, 0.25) is 10.0 Å². The Morgan fingerprint density at radius 2 is 1.65 bits per heavy atom. The molecule has 0 saturated carbocycles. The number of nitrogens with two attached hydrogens (primary N) is 1. The first kappa shape index (κ1) is 41.3. The fraction of sp³-hybridized carbons (Fsp3) is 0.429. The van der Waals surface area contributed by atoms with Gasteiger partial charge >= 0.3 is 18.0 Å². The Labute approximate surface area is 307 Å². The number of rotatable bonds is 18.